The van der Waals surface area contributed by atoms with Gasteiger partial charge in [-0.1, -0.05) is 40.5 Å². The zero-order chi connectivity index (χ0) is 14.5. The van der Waals surface area contributed by atoms with E-state index in [1.54, 1.807) is 7.11 Å². The minimum Gasteiger partial charge on any atom is -0.377 e. The summed E-state index contributed by atoms with van der Waals surface area (Å²) in [5, 5.41) is 4.35. The molecule has 1 unspecified atom stereocenters. The second-order valence-electron chi connectivity index (χ2n) is 5.25. The predicted octanol–water partition coefficient (Wildman–Crippen LogP) is 4.44. The summed E-state index contributed by atoms with van der Waals surface area (Å²) < 4.78 is 6.62. The Morgan fingerprint density at radius 3 is 2.63 bits per heavy atom. The van der Waals surface area contributed by atoms with Crippen molar-refractivity contribution in [2.24, 2.45) is 0 Å². The van der Waals surface area contributed by atoms with Crippen molar-refractivity contribution in [2.45, 2.75) is 45.3 Å². The van der Waals surface area contributed by atoms with Crippen LogP contribution in [0.4, 0.5) is 0 Å². The molecule has 0 radical (unpaired) electrons. The zero-order valence-corrected chi connectivity index (χ0v) is 14.4. The molecule has 19 heavy (non-hydrogen) atoms. The van der Waals surface area contributed by atoms with Crippen molar-refractivity contribution in [2.75, 3.05) is 13.7 Å². The van der Waals surface area contributed by atoms with Crippen molar-refractivity contribution in [1.82, 2.24) is 5.32 Å². The average molecular weight is 349 g/mol. The van der Waals surface area contributed by atoms with E-state index in [0.29, 0.717) is 0 Å². The third-order valence-electron chi connectivity index (χ3n) is 3.45. The van der Waals surface area contributed by atoms with Gasteiger partial charge in [-0.3, -0.25) is 0 Å². The van der Waals surface area contributed by atoms with E-state index in [1.807, 2.05) is 12.1 Å². The summed E-state index contributed by atoms with van der Waals surface area (Å²) >= 11 is 9.74. The Kier molecular flexibility index (Phi) is 6.81. The standard InChI is InChI=1S/C15H23BrClNO/c1-5-8-18-14(15(2,3)19-4)9-11-6-7-12(16)10-13(11)17/h6-7,10,14,18H,5,8-9H2,1-4H3. The molecule has 4 heteroatoms. The first-order chi connectivity index (χ1) is 8.90. The molecule has 1 rings (SSSR count). The lowest BCUT2D eigenvalue weighted by atomic mass is 9.92. The van der Waals surface area contributed by atoms with Gasteiger partial charge in [0.1, 0.15) is 0 Å². The van der Waals surface area contributed by atoms with Crippen LogP contribution < -0.4 is 5.32 Å². The largest absolute Gasteiger partial charge is 0.377 e. The Labute approximate surface area is 130 Å². The van der Waals surface area contributed by atoms with Crippen molar-refractivity contribution < 1.29 is 4.74 Å². The molecule has 1 aromatic rings. The van der Waals surface area contributed by atoms with Crippen molar-refractivity contribution >= 4 is 27.5 Å². The summed E-state index contributed by atoms with van der Waals surface area (Å²) in [6.45, 7) is 7.35. The molecular formula is C15H23BrClNO. The fourth-order valence-corrected chi connectivity index (χ4v) is 2.68. The number of methoxy groups -OCH3 is 1. The Bertz CT molecular complexity index is 409. The highest BCUT2D eigenvalue weighted by molar-refractivity contribution is 9.10. The van der Waals surface area contributed by atoms with Gasteiger partial charge in [0.05, 0.1) is 5.60 Å². The van der Waals surface area contributed by atoms with E-state index < -0.39 is 0 Å². The lowest BCUT2D eigenvalue weighted by Gasteiger charge is -2.34. The smallest absolute Gasteiger partial charge is 0.0778 e. The quantitative estimate of drug-likeness (QED) is 0.786. The summed E-state index contributed by atoms with van der Waals surface area (Å²) in [6, 6.07) is 6.26. The van der Waals surface area contributed by atoms with Crippen LogP contribution in [0.2, 0.25) is 5.02 Å². The maximum Gasteiger partial charge on any atom is 0.0778 e. The van der Waals surface area contributed by atoms with Crippen LogP contribution in [0.25, 0.3) is 0 Å². The molecular weight excluding hydrogens is 326 g/mol. The average Bonchev–Trinajstić information content (AvgIpc) is 2.36. The fraction of sp³-hybridized carbons (Fsp3) is 0.600. The summed E-state index contributed by atoms with van der Waals surface area (Å²) in [7, 11) is 1.75. The molecule has 0 aromatic heterocycles. The van der Waals surface area contributed by atoms with Gasteiger partial charge < -0.3 is 10.1 Å². The van der Waals surface area contributed by atoms with Crippen molar-refractivity contribution in [3.8, 4) is 0 Å². The Hall–Kier alpha value is -0.0900. The number of rotatable bonds is 7. The summed E-state index contributed by atoms with van der Waals surface area (Å²) in [5.41, 5.74) is 0.912. The molecule has 0 aliphatic rings. The molecule has 0 fully saturated rings. The highest BCUT2D eigenvalue weighted by Crippen LogP contribution is 2.25. The first kappa shape index (κ1) is 17.0. The lowest BCUT2D eigenvalue weighted by molar-refractivity contribution is -0.00997. The molecule has 1 N–H and O–H groups in total. The Morgan fingerprint density at radius 2 is 2.11 bits per heavy atom. The minimum atomic E-state index is -0.231. The van der Waals surface area contributed by atoms with E-state index in [4.69, 9.17) is 16.3 Å². The molecule has 1 atom stereocenters. The molecule has 0 heterocycles. The van der Waals surface area contributed by atoms with Gasteiger partial charge in [0.2, 0.25) is 0 Å². The summed E-state index contributed by atoms with van der Waals surface area (Å²) in [6.07, 6.45) is 1.96. The zero-order valence-electron chi connectivity index (χ0n) is 12.1. The monoisotopic (exact) mass is 347 g/mol. The second kappa shape index (κ2) is 7.63. The molecule has 2 nitrogen and oxygen atoms in total. The van der Waals surface area contributed by atoms with Gasteiger partial charge >= 0.3 is 0 Å². The number of hydrogen-bond acceptors (Lipinski definition) is 2. The van der Waals surface area contributed by atoms with Crippen LogP contribution in [-0.4, -0.2) is 25.3 Å². The van der Waals surface area contributed by atoms with Crippen LogP contribution in [0.15, 0.2) is 22.7 Å². The van der Waals surface area contributed by atoms with E-state index in [-0.39, 0.29) is 11.6 Å². The first-order valence-electron chi connectivity index (χ1n) is 6.63. The van der Waals surface area contributed by atoms with Gasteiger partial charge in [-0.25, -0.2) is 0 Å². The van der Waals surface area contributed by atoms with E-state index >= 15 is 0 Å². The number of nitrogens with one attached hydrogen (secondary N) is 1. The molecule has 0 aliphatic carbocycles. The SMILES string of the molecule is CCCNC(Cc1ccc(Br)cc1Cl)C(C)(C)OC. The molecule has 0 saturated carbocycles. The third kappa shape index (κ3) is 5.07. The van der Waals surface area contributed by atoms with Gasteiger partial charge in [-0.2, -0.15) is 0 Å². The van der Waals surface area contributed by atoms with Crippen LogP contribution in [0.5, 0.6) is 0 Å². The molecule has 0 amide bonds. The number of ether oxygens (including phenoxy) is 1. The molecule has 0 spiro atoms. The van der Waals surface area contributed by atoms with E-state index in [2.05, 4.69) is 48.1 Å². The summed E-state index contributed by atoms with van der Waals surface area (Å²) in [4.78, 5) is 0. The Balaban J connectivity index is 2.87. The highest BCUT2D eigenvalue weighted by atomic mass is 79.9. The molecule has 108 valence electrons. The van der Waals surface area contributed by atoms with E-state index in [9.17, 15) is 0 Å². The fourth-order valence-electron chi connectivity index (χ4n) is 1.93. The van der Waals surface area contributed by atoms with Crippen molar-refractivity contribution in [3.05, 3.63) is 33.3 Å². The Morgan fingerprint density at radius 1 is 1.42 bits per heavy atom. The van der Waals surface area contributed by atoms with Crippen molar-refractivity contribution in [1.29, 1.82) is 0 Å². The van der Waals surface area contributed by atoms with Gasteiger partial charge in [-0.05, 0) is 50.9 Å². The maximum absolute atomic E-state index is 6.30. The lowest BCUT2D eigenvalue weighted by Crippen LogP contribution is -2.49. The minimum absolute atomic E-state index is 0.231. The van der Waals surface area contributed by atoms with Crippen molar-refractivity contribution in [3.63, 3.8) is 0 Å². The van der Waals surface area contributed by atoms with Gasteiger partial charge in [0.15, 0.2) is 0 Å². The molecule has 1 aromatic carbocycles. The van der Waals surface area contributed by atoms with Crippen LogP contribution in [0, 0.1) is 0 Å². The van der Waals surface area contributed by atoms with E-state index in [1.165, 1.54) is 0 Å². The first-order valence-corrected chi connectivity index (χ1v) is 7.80. The highest BCUT2D eigenvalue weighted by Gasteiger charge is 2.29. The van der Waals surface area contributed by atoms with E-state index in [0.717, 1.165) is 34.4 Å². The molecule has 0 saturated heterocycles. The number of halogens is 2. The van der Waals surface area contributed by atoms with Crippen LogP contribution in [0.1, 0.15) is 32.8 Å². The normalized spacial score (nSPS) is 13.6. The molecule has 0 aliphatic heterocycles. The van der Waals surface area contributed by atoms with Gasteiger partial charge in [0.25, 0.3) is 0 Å². The topological polar surface area (TPSA) is 21.3 Å². The third-order valence-corrected chi connectivity index (χ3v) is 4.29. The maximum atomic E-state index is 6.30. The molecule has 0 bridgehead atoms. The second-order valence-corrected chi connectivity index (χ2v) is 6.58. The van der Waals surface area contributed by atoms with Gasteiger partial charge in [-0.15, -0.1) is 0 Å². The number of benzene rings is 1. The van der Waals surface area contributed by atoms with Gasteiger partial charge in [0, 0.05) is 22.6 Å². The van der Waals surface area contributed by atoms with Crippen LogP contribution in [-0.2, 0) is 11.2 Å². The van der Waals surface area contributed by atoms with Crippen LogP contribution >= 0.6 is 27.5 Å². The van der Waals surface area contributed by atoms with Crippen LogP contribution in [0.3, 0.4) is 0 Å². The predicted molar refractivity (Wildman–Crippen MR) is 86.0 cm³/mol. The number of hydrogen-bond donors (Lipinski definition) is 1. The summed E-state index contributed by atoms with van der Waals surface area (Å²) in [5.74, 6) is 0.